The summed E-state index contributed by atoms with van der Waals surface area (Å²) in [5.41, 5.74) is 1.58. The first-order valence-corrected chi connectivity index (χ1v) is 11.2. The van der Waals surface area contributed by atoms with Crippen LogP contribution in [0, 0.1) is 0 Å². The van der Waals surface area contributed by atoms with Gasteiger partial charge in [-0.1, -0.05) is 35.9 Å². The van der Waals surface area contributed by atoms with Crippen LogP contribution in [0.3, 0.4) is 0 Å². The molecule has 2 aliphatic heterocycles. The SMILES string of the molecule is O=C(CN1C(=O)[C@H](C(=O)N2CCCC2)Sc2ccccc21)NCc1ccc(Cl)cc1. The van der Waals surface area contributed by atoms with Crippen molar-refractivity contribution in [2.45, 2.75) is 29.5 Å². The molecule has 0 spiro atoms. The zero-order valence-corrected chi connectivity index (χ0v) is 17.9. The largest absolute Gasteiger partial charge is 0.350 e. The highest BCUT2D eigenvalue weighted by Gasteiger charge is 2.41. The van der Waals surface area contributed by atoms with Crippen molar-refractivity contribution in [3.8, 4) is 0 Å². The molecular formula is C22H22ClN3O3S. The lowest BCUT2D eigenvalue weighted by molar-refractivity contribution is -0.134. The highest BCUT2D eigenvalue weighted by molar-refractivity contribution is 8.01. The number of thioether (sulfide) groups is 1. The molecule has 2 aromatic rings. The van der Waals surface area contributed by atoms with Crippen LogP contribution < -0.4 is 10.2 Å². The second kappa shape index (κ2) is 9.10. The van der Waals surface area contributed by atoms with Crippen molar-refractivity contribution in [1.29, 1.82) is 0 Å². The van der Waals surface area contributed by atoms with Crippen LogP contribution in [0.1, 0.15) is 18.4 Å². The molecule has 4 rings (SSSR count). The summed E-state index contributed by atoms with van der Waals surface area (Å²) in [5, 5.41) is 2.62. The van der Waals surface area contributed by atoms with Gasteiger partial charge in [-0.25, -0.2) is 0 Å². The molecular weight excluding hydrogens is 422 g/mol. The molecule has 1 saturated heterocycles. The number of amides is 3. The fourth-order valence-corrected chi connectivity index (χ4v) is 4.96. The Morgan fingerprint density at radius 1 is 1.07 bits per heavy atom. The van der Waals surface area contributed by atoms with Crippen LogP contribution in [-0.4, -0.2) is 47.5 Å². The van der Waals surface area contributed by atoms with Gasteiger partial charge < -0.3 is 15.1 Å². The second-order valence-electron chi connectivity index (χ2n) is 7.33. The zero-order chi connectivity index (χ0) is 21.1. The van der Waals surface area contributed by atoms with Crippen molar-refractivity contribution in [3.05, 3.63) is 59.1 Å². The van der Waals surface area contributed by atoms with Crippen LogP contribution in [0.15, 0.2) is 53.4 Å². The van der Waals surface area contributed by atoms with Crippen molar-refractivity contribution in [3.63, 3.8) is 0 Å². The van der Waals surface area contributed by atoms with Gasteiger partial charge in [0.2, 0.25) is 11.8 Å². The number of carbonyl (C=O) groups is 3. The third kappa shape index (κ3) is 4.47. The standard InChI is InChI=1S/C22H22ClN3O3S/c23-16-9-7-15(8-10-16)13-24-19(27)14-26-17-5-1-2-6-18(17)30-20(22(26)29)21(28)25-11-3-4-12-25/h1-2,5-10,20H,3-4,11-14H2,(H,24,27)/t20-/m0/s1. The number of benzene rings is 2. The highest BCUT2D eigenvalue weighted by atomic mass is 35.5. The van der Waals surface area contributed by atoms with Crippen molar-refractivity contribution >= 4 is 46.8 Å². The van der Waals surface area contributed by atoms with E-state index in [1.165, 1.54) is 16.7 Å². The zero-order valence-electron chi connectivity index (χ0n) is 16.3. The number of rotatable bonds is 5. The molecule has 3 amide bonds. The maximum atomic E-state index is 13.2. The van der Waals surface area contributed by atoms with Crippen LogP contribution in [0.25, 0.3) is 0 Å². The molecule has 0 unspecified atom stereocenters. The van der Waals surface area contributed by atoms with Crippen molar-refractivity contribution in [2.75, 3.05) is 24.5 Å². The number of hydrogen-bond donors (Lipinski definition) is 1. The van der Waals surface area contributed by atoms with Gasteiger partial charge in [-0.3, -0.25) is 14.4 Å². The molecule has 0 bridgehead atoms. The molecule has 1 fully saturated rings. The van der Waals surface area contributed by atoms with E-state index in [2.05, 4.69) is 5.32 Å². The first-order valence-electron chi connectivity index (χ1n) is 9.90. The van der Waals surface area contributed by atoms with Crippen LogP contribution in [0.5, 0.6) is 0 Å². The number of carbonyl (C=O) groups excluding carboxylic acids is 3. The molecule has 0 aliphatic carbocycles. The molecule has 0 saturated carbocycles. The van der Waals surface area contributed by atoms with Gasteiger partial charge in [-0.15, -0.1) is 11.8 Å². The van der Waals surface area contributed by atoms with Crippen LogP contribution in [0.2, 0.25) is 5.02 Å². The van der Waals surface area contributed by atoms with E-state index in [1.807, 2.05) is 36.4 Å². The predicted octanol–water partition coefficient (Wildman–Crippen LogP) is 3.09. The van der Waals surface area contributed by atoms with Gasteiger partial charge in [0, 0.05) is 29.6 Å². The number of anilines is 1. The number of halogens is 1. The Labute approximate surface area is 184 Å². The van der Waals surface area contributed by atoms with E-state index < -0.39 is 5.25 Å². The summed E-state index contributed by atoms with van der Waals surface area (Å²) in [4.78, 5) is 42.8. The molecule has 2 aliphatic rings. The molecule has 0 radical (unpaired) electrons. The van der Waals surface area contributed by atoms with Gasteiger partial charge in [0.15, 0.2) is 5.25 Å². The van der Waals surface area contributed by atoms with E-state index in [0.717, 1.165) is 23.3 Å². The number of fused-ring (bicyclic) bond motifs is 1. The van der Waals surface area contributed by atoms with E-state index >= 15 is 0 Å². The lowest BCUT2D eigenvalue weighted by Crippen LogP contribution is -2.51. The smallest absolute Gasteiger partial charge is 0.250 e. The molecule has 30 heavy (non-hydrogen) atoms. The van der Waals surface area contributed by atoms with Crippen molar-refractivity contribution < 1.29 is 14.4 Å². The monoisotopic (exact) mass is 443 g/mol. The molecule has 8 heteroatoms. The van der Waals surface area contributed by atoms with Crippen LogP contribution in [0.4, 0.5) is 5.69 Å². The second-order valence-corrected chi connectivity index (χ2v) is 8.91. The Balaban J connectivity index is 1.48. The summed E-state index contributed by atoms with van der Waals surface area (Å²) in [6.45, 7) is 1.58. The van der Waals surface area contributed by atoms with Crippen LogP contribution >= 0.6 is 23.4 Å². The summed E-state index contributed by atoms with van der Waals surface area (Å²) in [7, 11) is 0. The normalized spacial score (nSPS) is 18.3. The Morgan fingerprint density at radius 3 is 2.50 bits per heavy atom. The lowest BCUT2D eigenvalue weighted by atomic mass is 10.2. The molecule has 1 N–H and O–H groups in total. The third-order valence-electron chi connectivity index (χ3n) is 5.24. The third-order valence-corrected chi connectivity index (χ3v) is 6.73. The maximum absolute atomic E-state index is 13.2. The van der Waals surface area contributed by atoms with E-state index in [4.69, 9.17) is 11.6 Å². The van der Waals surface area contributed by atoms with Gasteiger partial charge in [-0.05, 0) is 42.7 Å². The van der Waals surface area contributed by atoms with Gasteiger partial charge in [-0.2, -0.15) is 0 Å². The highest BCUT2D eigenvalue weighted by Crippen LogP contribution is 2.39. The Kier molecular flexibility index (Phi) is 6.29. The number of hydrogen-bond acceptors (Lipinski definition) is 4. The first-order chi connectivity index (χ1) is 14.5. The van der Waals surface area contributed by atoms with Gasteiger partial charge in [0.05, 0.1) is 5.69 Å². The number of nitrogens with zero attached hydrogens (tertiary/aromatic N) is 2. The fraction of sp³-hybridized carbons (Fsp3) is 0.318. The quantitative estimate of drug-likeness (QED) is 0.721. The molecule has 2 aromatic carbocycles. The number of likely N-dealkylation sites (tertiary alicyclic amines) is 1. The summed E-state index contributed by atoms with van der Waals surface area (Å²) in [6, 6.07) is 14.6. The Hall–Kier alpha value is -2.51. The average molecular weight is 444 g/mol. The summed E-state index contributed by atoms with van der Waals surface area (Å²) >= 11 is 7.16. The molecule has 156 valence electrons. The Morgan fingerprint density at radius 2 is 1.77 bits per heavy atom. The minimum absolute atomic E-state index is 0.131. The summed E-state index contributed by atoms with van der Waals surface area (Å²) in [6.07, 6.45) is 1.93. The molecule has 1 atom stereocenters. The Bertz CT molecular complexity index is 960. The van der Waals surface area contributed by atoms with E-state index in [9.17, 15) is 14.4 Å². The van der Waals surface area contributed by atoms with Gasteiger partial charge in [0.25, 0.3) is 5.91 Å². The fourth-order valence-electron chi connectivity index (χ4n) is 3.64. The summed E-state index contributed by atoms with van der Waals surface area (Å²) < 4.78 is 0. The van der Waals surface area contributed by atoms with E-state index in [0.29, 0.717) is 30.3 Å². The van der Waals surface area contributed by atoms with Gasteiger partial charge >= 0.3 is 0 Å². The molecule has 0 aromatic heterocycles. The number of nitrogens with one attached hydrogen (secondary N) is 1. The first kappa shape index (κ1) is 20.8. The van der Waals surface area contributed by atoms with E-state index in [-0.39, 0.29) is 24.3 Å². The molecule has 6 nitrogen and oxygen atoms in total. The van der Waals surface area contributed by atoms with Crippen molar-refractivity contribution in [2.24, 2.45) is 0 Å². The van der Waals surface area contributed by atoms with Gasteiger partial charge in [0.1, 0.15) is 6.54 Å². The minimum atomic E-state index is -0.845. The number of para-hydroxylation sites is 1. The maximum Gasteiger partial charge on any atom is 0.250 e. The van der Waals surface area contributed by atoms with Crippen molar-refractivity contribution in [1.82, 2.24) is 10.2 Å². The minimum Gasteiger partial charge on any atom is -0.350 e. The topological polar surface area (TPSA) is 69.7 Å². The summed E-state index contributed by atoms with van der Waals surface area (Å²) in [5.74, 6) is -0.784. The van der Waals surface area contributed by atoms with E-state index in [1.54, 1.807) is 17.0 Å². The van der Waals surface area contributed by atoms with Crippen LogP contribution in [-0.2, 0) is 20.9 Å². The predicted molar refractivity (Wildman–Crippen MR) is 118 cm³/mol. The molecule has 2 heterocycles. The average Bonchev–Trinajstić information content (AvgIpc) is 3.29. The lowest BCUT2D eigenvalue weighted by Gasteiger charge is -2.34.